The van der Waals surface area contributed by atoms with Gasteiger partial charge in [0.2, 0.25) is 11.8 Å². The molecule has 0 saturated carbocycles. The predicted octanol–water partition coefficient (Wildman–Crippen LogP) is 1.32. The topological polar surface area (TPSA) is 78.5 Å². The number of carbonyl (C=O) groups is 3. The number of hydrogen-bond donors (Lipinski definition) is 2. The zero-order valence-electron chi connectivity index (χ0n) is 14.1. The van der Waals surface area contributed by atoms with E-state index in [4.69, 9.17) is 0 Å². The van der Waals surface area contributed by atoms with E-state index in [-0.39, 0.29) is 30.2 Å². The standard InChI is InChI=1S/C18H25N3O3/c1-14(20-18(24)15-7-3-2-4-8-15)13-16(22)19-10-6-12-21-11-5-9-17(21)23/h2-4,7-8,14H,5-6,9-13H2,1H3,(H,19,22)(H,20,24)/t14-/m0/s1. The molecular formula is C18H25N3O3. The summed E-state index contributed by atoms with van der Waals surface area (Å²) in [4.78, 5) is 37.2. The predicted molar refractivity (Wildman–Crippen MR) is 91.4 cm³/mol. The van der Waals surface area contributed by atoms with Gasteiger partial charge < -0.3 is 15.5 Å². The van der Waals surface area contributed by atoms with E-state index < -0.39 is 0 Å². The molecule has 2 N–H and O–H groups in total. The van der Waals surface area contributed by atoms with Crippen LogP contribution in [0.4, 0.5) is 0 Å². The van der Waals surface area contributed by atoms with Crippen LogP contribution in [0.1, 0.15) is 43.0 Å². The Kier molecular flexibility index (Phi) is 6.78. The summed E-state index contributed by atoms with van der Waals surface area (Å²) in [7, 11) is 0. The molecule has 1 aliphatic heterocycles. The van der Waals surface area contributed by atoms with Crippen LogP contribution in [-0.4, -0.2) is 48.3 Å². The minimum atomic E-state index is -0.238. The van der Waals surface area contributed by atoms with Gasteiger partial charge in [-0.05, 0) is 31.9 Å². The molecule has 1 aromatic rings. The lowest BCUT2D eigenvalue weighted by Crippen LogP contribution is -2.38. The van der Waals surface area contributed by atoms with Gasteiger partial charge in [-0.15, -0.1) is 0 Å². The average molecular weight is 331 g/mol. The third-order valence-corrected chi connectivity index (χ3v) is 4.00. The second-order valence-electron chi connectivity index (χ2n) is 6.13. The fourth-order valence-electron chi connectivity index (χ4n) is 2.74. The largest absolute Gasteiger partial charge is 0.356 e. The summed E-state index contributed by atoms with van der Waals surface area (Å²) in [6.45, 7) is 3.88. The molecule has 0 radical (unpaired) electrons. The van der Waals surface area contributed by atoms with Crippen molar-refractivity contribution in [2.24, 2.45) is 0 Å². The van der Waals surface area contributed by atoms with E-state index in [1.807, 2.05) is 17.9 Å². The molecule has 3 amide bonds. The Balaban J connectivity index is 1.61. The highest BCUT2D eigenvalue weighted by Crippen LogP contribution is 2.09. The van der Waals surface area contributed by atoms with Gasteiger partial charge in [0.25, 0.3) is 5.91 Å². The van der Waals surface area contributed by atoms with Gasteiger partial charge in [-0.3, -0.25) is 14.4 Å². The summed E-state index contributed by atoms with van der Waals surface area (Å²) >= 11 is 0. The minimum absolute atomic E-state index is 0.0939. The molecule has 0 aliphatic carbocycles. The molecular weight excluding hydrogens is 306 g/mol. The van der Waals surface area contributed by atoms with Gasteiger partial charge in [0.05, 0.1) is 0 Å². The first kappa shape index (κ1) is 18.0. The number of hydrogen-bond acceptors (Lipinski definition) is 3. The fourth-order valence-corrected chi connectivity index (χ4v) is 2.74. The van der Waals surface area contributed by atoms with E-state index in [2.05, 4.69) is 10.6 Å². The van der Waals surface area contributed by atoms with Crippen LogP contribution in [-0.2, 0) is 9.59 Å². The van der Waals surface area contributed by atoms with E-state index in [9.17, 15) is 14.4 Å². The Morgan fingerprint density at radius 1 is 1.25 bits per heavy atom. The molecule has 24 heavy (non-hydrogen) atoms. The lowest BCUT2D eigenvalue weighted by molar-refractivity contribution is -0.127. The van der Waals surface area contributed by atoms with Crippen molar-refractivity contribution in [2.45, 2.75) is 38.6 Å². The number of amides is 3. The first-order valence-corrected chi connectivity index (χ1v) is 8.46. The molecule has 2 rings (SSSR count). The minimum Gasteiger partial charge on any atom is -0.356 e. The molecule has 6 heteroatoms. The van der Waals surface area contributed by atoms with E-state index >= 15 is 0 Å². The van der Waals surface area contributed by atoms with Crippen LogP contribution in [0.25, 0.3) is 0 Å². The van der Waals surface area contributed by atoms with E-state index in [1.54, 1.807) is 24.3 Å². The highest BCUT2D eigenvalue weighted by atomic mass is 16.2. The smallest absolute Gasteiger partial charge is 0.251 e. The Labute approximate surface area is 142 Å². The van der Waals surface area contributed by atoms with Gasteiger partial charge in [-0.2, -0.15) is 0 Å². The van der Waals surface area contributed by atoms with Crippen LogP contribution in [0.3, 0.4) is 0 Å². The molecule has 130 valence electrons. The lowest BCUT2D eigenvalue weighted by Gasteiger charge is -2.16. The number of likely N-dealkylation sites (tertiary alicyclic amines) is 1. The summed E-state index contributed by atoms with van der Waals surface area (Å²) in [5.74, 6) is -0.0642. The highest BCUT2D eigenvalue weighted by molar-refractivity contribution is 5.94. The maximum absolute atomic E-state index is 12.0. The van der Waals surface area contributed by atoms with Crippen LogP contribution in [0.5, 0.6) is 0 Å². The van der Waals surface area contributed by atoms with Crippen molar-refractivity contribution < 1.29 is 14.4 Å². The molecule has 1 aliphatic rings. The van der Waals surface area contributed by atoms with Crippen molar-refractivity contribution in [3.63, 3.8) is 0 Å². The zero-order valence-corrected chi connectivity index (χ0v) is 14.1. The average Bonchev–Trinajstić information content (AvgIpc) is 2.97. The van der Waals surface area contributed by atoms with Crippen molar-refractivity contribution >= 4 is 17.7 Å². The van der Waals surface area contributed by atoms with Crippen molar-refractivity contribution in [2.75, 3.05) is 19.6 Å². The fraction of sp³-hybridized carbons (Fsp3) is 0.500. The van der Waals surface area contributed by atoms with Crippen molar-refractivity contribution in [1.82, 2.24) is 15.5 Å². The number of carbonyl (C=O) groups excluding carboxylic acids is 3. The third kappa shape index (κ3) is 5.68. The number of nitrogens with one attached hydrogen (secondary N) is 2. The maximum atomic E-state index is 12.0. The van der Waals surface area contributed by atoms with Crippen molar-refractivity contribution in [3.05, 3.63) is 35.9 Å². The van der Waals surface area contributed by atoms with Crippen LogP contribution in [0, 0.1) is 0 Å². The summed E-state index contributed by atoms with van der Waals surface area (Å²) in [6, 6.07) is 8.69. The summed E-state index contributed by atoms with van der Waals surface area (Å²) in [5.41, 5.74) is 0.583. The Bertz CT molecular complexity index is 574. The van der Waals surface area contributed by atoms with Gasteiger partial charge in [-0.25, -0.2) is 0 Å². The first-order chi connectivity index (χ1) is 11.6. The van der Waals surface area contributed by atoms with Gasteiger partial charge >= 0.3 is 0 Å². The van der Waals surface area contributed by atoms with Crippen LogP contribution in [0.2, 0.25) is 0 Å². The first-order valence-electron chi connectivity index (χ1n) is 8.46. The molecule has 1 fully saturated rings. The SMILES string of the molecule is C[C@@H](CC(=O)NCCCN1CCCC1=O)NC(=O)c1ccccc1. The molecule has 6 nitrogen and oxygen atoms in total. The summed E-state index contributed by atoms with van der Waals surface area (Å²) in [5, 5.41) is 5.65. The molecule has 1 saturated heterocycles. The molecule has 0 spiro atoms. The summed E-state index contributed by atoms with van der Waals surface area (Å²) in [6.07, 6.45) is 2.57. The molecule has 1 heterocycles. The van der Waals surface area contributed by atoms with E-state index in [0.717, 1.165) is 19.4 Å². The molecule has 0 aromatic heterocycles. The van der Waals surface area contributed by atoms with Gasteiger partial charge in [0.1, 0.15) is 0 Å². The normalized spacial score (nSPS) is 15.2. The van der Waals surface area contributed by atoms with E-state index in [1.165, 1.54) is 0 Å². The van der Waals surface area contributed by atoms with E-state index in [0.29, 0.717) is 25.1 Å². The molecule has 0 bridgehead atoms. The van der Waals surface area contributed by atoms with Crippen molar-refractivity contribution in [3.8, 4) is 0 Å². The second kappa shape index (κ2) is 9.05. The number of rotatable bonds is 8. The van der Waals surface area contributed by atoms with Gasteiger partial charge in [-0.1, -0.05) is 18.2 Å². The third-order valence-electron chi connectivity index (χ3n) is 4.00. The van der Waals surface area contributed by atoms with Crippen LogP contribution < -0.4 is 10.6 Å². The monoisotopic (exact) mass is 331 g/mol. The number of benzene rings is 1. The van der Waals surface area contributed by atoms with Crippen molar-refractivity contribution in [1.29, 1.82) is 0 Å². The number of nitrogens with zero attached hydrogens (tertiary/aromatic N) is 1. The highest BCUT2D eigenvalue weighted by Gasteiger charge is 2.19. The molecule has 0 unspecified atom stereocenters. The second-order valence-corrected chi connectivity index (χ2v) is 6.13. The Morgan fingerprint density at radius 2 is 2.00 bits per heavy atom. The molecule has 1 atom stereocenters. The lowest BCUT2D eigenvalue weighted by atomic mass is 10.1. The van der Waals surface area contributed by atoms with Crippen LogP contribution in [0.15, 0.2) is 30.3 Å². The van der Waals surface area contributed by atoms with Gasteiger partial charge in [0.15, 0.2) is 0 Å². The molecule has 1 aromatic carbocycles. The van der Waals surface area contributed by atoms with Crippen LogP contribution >= 0.6 is 0 Å². The summed E-state index contributed by atoms with van der Waals surface area (Å²) < 4.78 is 0. The Hall–Kier alpha value is -2.37. The Morgan fingerprint density at radius 3 is 2.67 bits per heavy atom. The maximum Gasteiger partial charge on any atom is 0.251 e. The quantitative estimate of drug-likeness (QED) is 0.705. The van der Waals surface area contributed by atoms with Gasteiger partial charge in [0, 0.05) is 44.1 Å². The zero-order chi connectivity index (χ0) is 17.4.